The highest BCUT2D eigenvalue weighted by Gasteiger charge is 2.31. The zero-order valence-electron chi connectivity index (χ0n) is 17.4. The quantitative estimate of drug-likeness (QED) is 0.298. The Morgan fingerprint density at radius 1 is 0.719 bits per heavy atom. The highest BCUT2D eigenvalue weighted by atomic mass is 32.1. The first-order valence-electron chi connectivity index (χ1n) is 10.8. The number of hydrazone groups is 1. The fraction of sp³-hybridized carbons (Fsp3) is 0.0714. The molecule has 2 heterocycles. The maximum Gasteiger partial charge on any atom is 0.207 e. The topological polar surface area (TPSA) is 28.5 Å². The summed E-state index contributed by atoms with van der Waals surface area (Å²) in [7, 11) is 0. The molecule has 0 saturated heterocycles. The number of fused-ring (bicyclic) bond motifs is 1. The Hall–Kier alpha value is -3.76. The maximum absolute atomic E-state index is 5.04. The SMILES string of the molecule is c1ccc(C2=NN(c3nc(-c4ccc5ccccc5c4)cs3)[C@H](c3ccccc3)C2)cc1. The third-order valence-corrected chi connectivity index (χ3v) is 6.77. The number of hydrogen-bond donors (Lipinski definition) is 0. The Bertz CT molecular complexity index is 1410. The molecule has 3 nitrogen and oxygen atoms in total. The Labute approximate surface area is 191 Å². The summed E-state index contributed by atoms with van der Waals surface area (Å²) in [5.41, 5.74) is 5.65. The van der Waals surface area contributed by atoms with Gasteiger partial charge in [-0.05, 0) is 28.0 Å². The molecule has 6 rings (SSSR count). The van der Waals surface area contributed by atoms with Crippen LogP contribution in [-0.4, -0.2) is 10.7 Å². The van der Waals surface area contributed by atoms with Crippen LogP contribution in [0.4, 0.5) is 5.13 Å². The van der Waals surface area contributed by atoms with Crippen LogP contribution in [0.5, 0.6) is 0 Å². The molecular formula is C28H21N3S. The summed E-state index contributed by atoms with van der Waals surface area (Å²) in [5.74, 6) is 0. The van der Waals surface area contributed by atoms with Crippen molar-refractivity contribution < 1.29 is 0 Å². The molecule has 4 aromatic carbocycles. The Kier molecular flexibility index (Phi) is 4.78. The highest BCUT2D eigenvalue weighted by molar-refractivity contribution is 7.14. The number of anilines is 1. The van der Waals surface area contributed by atoms with E-state index in [0.717, 1.165) is 28.5 Å². The molecule has 1 atom stereocenters. The number of thiazole rings is 1. The average Bonchev–Trinajstić information content (AvgIpc) is 3.53. The molecule has 1 aliphatic rings. The van der Waals surface area contributed by atoms with Crippen LogP contribution in [0, 0.1) is 0 Å². The van der Waals surface area contributed by atoms with Gasteiger partial charge in [0.05, 0.1) is 17.4 Å². The third-order valence-electron chi connectivity index (χ3n) is 5.94. The lowest BCUT2D eigenvalue weighted by Crippen LogP contribution is -2.18. The van der Waals surface area contributed by atoms with Crippen LogP contribution < -0.4 is 5.01 Å². The van der Waals surface area contributed by atoms with Gasteiger partial charge in [-0.2, -0.15) is 5.10 Å². The molecule has 4 heteroatoms. The number of benzene rings is 4. The van der Waals surface area contributed by atoms with E-state index in [1.165, 1.54) is 21.9 Å². The molecule has 1 aliphatic heterocycles. The van der Waals surface area contributed by atoms with Crippen molar-refractivity contribution in [3.8, 4) is 11.3 Å². The standard InChI is InChI=1S/C28H21N3S/c1-3-10-21(11-4-1)25-18-27(22-12-5-2-6-13-22)31(30-25)28-29-26(19-32-28)24-16-15-20-9-7-8-14-23(20)17-24/h1-17,19,27H,18H2/t27-/m0/s1. The molecule has 0 N–H and O–H groups in total. The molecule has 154 valence electrons. The minimum atomic E-state index is 0.141. The van der Waals surface area contributed by atoms with E-state index in [0.29, 0.717) is 0 Å². The van der Waals surface area contributed by atoms with Gasteiger partial charge in [-0.3, -0.25) is 0 Å². The molecule has 0 bridgehead atoms. The molecule has 5 aromatic rings. The lowest BCUT2D eigenvalue weighted by Gasteiger charge is -2.21. The van der Waals surface area contributed by atoms with Crippen LogP contribution in [-0.2, 0) is 0 Å². The van der Waals surface area contributed by atoms with E-state index < -0.39 is 0 Å². The fourth-order valence-electron chi connectivity index (χ4n) is 4.28. The first-order chi connectivity index (χ1) is 15.8. The summed E-state index contributed by atoms with van der Waals surface area (Å²) in [5, 5.41) is 12.7. The van der Waals surface area contributed by atoms with Gasteiger partial charge in [0, 0.05) is 17.4 Å². The highest BCUT2D eigenvalue weighted by Crippen LogP contribution is 2.39. The van der Waals surface area contributed by atoms with Crippen molar-refractivity contribution in [1.82, 2.24) is 4.98 Å². The van der Waals surface area contributed by atoms with E-state index in [1.807, 2.05) is 6.07 Å². The minimum absolute atomic E-state index is 0.141. The molecule has 32 heavy (non-hydrogen) atoms. The smallest absolute Gasteiger partial charge is 0.207 e. The summed E-state index contributed by atoms with van der Waals surface area (Å²) in [4.78, 5) is 5.01. The van der Waals surface area contributed by atoms with Gasteiger partial charge in [-0.25, -0.2) is 9.99 Å². The number of hydrogen-bond acceptors (Lipinski definition) is 4. The zero-order valence-corrected chi connectivity index (χ0v) is 18.2. The predicted octanol–water partition coefficient (Wildman–Crippen LogP) is 7.32. The first-order valence-corrected chi connectivity index (χ1v) is 11.6. The van der Waals surface area contributed by atoms with E-state index >= 15 is 0 Å². The van der Waals surface area contributed by atoms with E-state index in [9.17, 15) is 0 Å². The van der Waals surface area contributed by atoms with Gasteiger partial charge in [-0.15, -0.1) is 11.3 Å². The Morgan fingerprint density at radius 3 is 2.25 bits per heavy atom. The summed E-state index contributed by atoms with van der Waals surface area (Å²) in [6.45, 7) is 0. The Morgan fingerprint density at radius 2 is 1.44 bits per heavy atom. The van der Waals surface area contributed by atoms with Gasteiger partial charge in [0.15, 0.2) is 0 Å². The van der Waals surface area contributed by atoms with Crippen molar-refractivity contribution in [3.63, 3.8) is 0 Å². The zero-order chi connectivity index (χ0) is 21.3. The van der Waals surface area contributed by atoms with E-state index in [-0.39, 0.29) is 6.04 Å². The minimum Gasteiger partial charge on any atom is -0.231 e. The molecule has 0 saturated carbocycles. The van der Waals surface area contributed by atoms with Crippen LogP contribution in [0.3, 0.4) is 0 Å². The second-order valence-electron chi connectivity index (χ2n) is 7.97. The second kappa shape index (κ2) is 8.06. The van der Waals surface area contributed by atoms with Gasteiger partial charge in [0.25, 0.3) is 0 Å². The lowest BCUT2D eigenvalue weighted by atomic mass is 9.99. The number of aromatic nitrogens is 1. The van der Waals surface area contributed by atoms with E-state index in [1.54, 1.807) is 11.3 Å². The molecule has 0 aliphatic carbocycles. The van der Waals surface area contributed by atoms with Crippen molar-refractivity contribution >= 4 is 33.0 Å². The van der Waals surface area contributed by atoms with Crippen molar-refractivity contribution in [2.75, 3.05) is 5.01 Å². The predicted molar refractivity (Wildman–Crippen MR) is 134 cm³/mol. The van der Waals surface area contributed by atoms with Crippen molar-refractivity contribution in [2.45, 2.75) is 12.5 Å². The summed E-state index contributed by atoms with van der Waals surface area (Å²) in [6, 6.07) is 36.2. The van der Waals surface area contributed by atoms with Gasteiger partial charge in [0.1, 0.15) is 0 Å². The lowest BCUT2D eigenvalue weighted by molar-refractivity contribution is 0.706. The van der Waals surface area contributed by atoms with Crippen LogP contribution in [0.2, 0.25) is 0 Å². The van der Waals surface area contributed by atoms with Gasteiger partial charge >= 0.3 is 0 Å². The molecule has 0 amide bonds. The molecule has 0 fully saturated rings. The van der Waals surface area contributed by atoms with Crippen molar-refractivity contribution in [1.29, 1.82) is 0 Å². The van der Waals surface area contributed by atoms with Gasteiger partial charge in [0.2, 0.25) is 5.13 Å². The summed E-state index contributed by atoms with van der Waals surface area (Å²) in [6.07, 6.45) is 0.860. The second-order valence-corrected chi connectivity index (χ2v) is 8.80. The van der Waals surface area contributed by atoms with Crippen molar-refractivity contribution in [3.05, 3.63) is 120 Å². The van der Waals surface area contributed by atoms with Gasteiger partial charge in [-0.1, -0.05) is 97.1 Å². The molecule has 0 spiro atoms. The van der Waals surface area contributed by atoms with Crippen LogP contribution in [0.1, 0.15) is 23.6 Å². The average molecular weight is 432 g/mol. The maximum atomic E-state index is 5.04. The van der Waals surface area contributed by atoms with Crippen LogP contribution in [0.25, 0.3) is 22.0 Å². The van der Waals surface area contributed by atoms with Crippen LogP contribution in [0.15, 0.2) is 114 Å². The van der Waals surface area contributed by atoms with Gasteiger partial charge < -0.3 is 0 Å². The van der Waals surface area contributed by atoms with E-state index in [2.05, 4.69) is 107 Å². The Balaban J connectivity index is 1.39. The number of nitrogens with zero attached hydrogens (tertiary/aromatic N) is 3. The molecule has 1 aromatic heterocycles. The summed E-state index contributed by atoms with van der Waals surface area (Å²) < 4.78 is 0. The number of rotatable bonds is 4. The van der Waals surface area contributed by atoms with E-state index in [4.69, 9.17) is 10.1 Å². The normalized spacial score (nSPS) is 15.8. The largest absolute Gasteiger partial charge is 0.231 e. The molecular weight excluding hydrogens is 410 g/mol. The molecule has 0 unspecified atom stereocenters. The molecule has 0 radical (unpaired) electrons. The fourth-order valence-corrected chi connectivity index (χ4v) is 5.11. The van der Waals surface area contributed by atoms with Crippen LogP contribution >= 0.6 is 11.3 Å². The third kappa shape index (κ3) is 3.49. The first kappa shape index (κ1) is 19.0. The summed E-state index contributed by atoms with van der Waals surface area (Å²) >= 11 is 1.65. The monoisotopic (exact) mass is 431 g/mol. The van der Waals surface area contributed by atoms with Crippen molar-refractivity contribution in [2.24, 2.45) is 5.10 Å².